The Hall–Kier alpha value is -0.970. The minimum Gasteiger partial charge on any atom is -0.493 e. The molecule has 1 fully saturated rings. The fourth-order valence-electron chi connectivity index (χ4n) is 2.16. The van der Waals surface area contributed by atoms with Crippen LogP contribution in [-0.4, -0.2) is 41.7 Å². The highest BCUT2D eigenvalue weighted by Crippen LogP contribution is 2.26. The number of aliphatic hydroxyl groups excluding tert-OH is 1. The van der Waals surface area contributed by atoms with Crippen LogP contribution in [0.5, 0.6) is 5.75 Å². The Bertz CT molecular complexity index is 481. The molecule has 0 bridgehead atoms. The van der Waals surface area contributed by atoms with E-state index in [0.29, 0.717) is 28.9 Å². The molecule has 1 aromatic carbocycles. The number of rotatable bonds is 4. The first-order chi connectivity index (χ1) is 9.56. The minimum atomic E-state index is -0.399. The number of hydrogen-bond acceptors (Lipinski definition) is 3. The van der Waals surface area contributed by atoms with Gasteiger partial charge in [0.25, 0.3) is 0 Å². The molecule has 1 aromatic rings. The Labute approximate surface area is 128 Å². The molecule has 1 amide bonds. The second kappa shape index (κ2) is 7.16. The van der Waals surface area contributed by atoms with Gasteiger partial charge in [0, 0.05) is 19.2 Å². The third-order valence-corrected chi connectivity index (χ3v) is 3.96. The quantitative estimate of drug-likeness (QED) is 0.929. The molecule has 1 atom stereocenters. The van der Waals surface area contributed by atoms with Gasteiger partial charge in [0.15, 0.2) is 0 Å². The van der Waals surface area contributed by atoms with Crippen molar-refractivity contribution in [3.8, 4) is 5.75 Å². The Morgan fingerprint density at radius 3 is 2.90 bits per heavy atom. The van der Waals surface area contributed by atoms with Crippen LogP contribution in [0.1, 0.15) is 19.3 Å². The van der Waals surface area contributed by atoms with Crippen molar-refractivity contribution in [3.63, 3.8) is 0 Å². The van der Waals surface area contributed by atoms with Crippen LogP contribution in [0.15, 0.2) is 18.2 Å². The van der Waals surface area contributed by atoms with E-state index in [-0.39, 0.29) is 18.9 Å². The highest BCUT2D eigenvalue weighted by Gasteiger charge is 2.21. The molecule has 1 aliphatic rings. The summed E-state index contributed by atoms with van der Waals surface area (Å²) in [5, 5.41) is 10.4. The summed E-state index contributed by atoms with van der Waals surface area (Å²) in [6.45, 7) is 1.41. The van der Waals surface area contributed by atoms with Crippen LogP contribution in [-0.2, 0) is 4.79 Å². The number of aliphatic hydroxyl groups is 1. The van der Waals surface area contributed by atoms with Crippen molar-refractivity contribution in [1.82, 2.24) is 4.90 Å². The Kier molecular flexibility index (Phi) is 5.52. The van der Waals surface area contributed by atoms with E-state index >= 15 is 0 Å². The van der Waals surface area contributed by atoms with Gasteiger partial charge in [0.2, 0.25) is 5.91 Å². The number of carbonyl (C=O) groups excluding carboxylic acids is 1. The molecule has 0 saturated carbocycles. The molecule has 110 valence electrons. The zero-order valence-electron chi connectivity index (χ0n) is 11.0. The minimum absolute atomic E-state index is 0.00353. The molecule has 1 heterocycles. The Morgan fingerprint density at radius 1 is 1.40 bits per heavy atom. The van der Waals surface area contributed by atoms with Crippen LogP contribution in [0.2, 0.25) is 10.0 Å². The van der Waals surface area contributed by atoms with Crippen LogP contribution < -0.4 is 4.74 Å². The molecule has 0 spiro atoms. The molecule has 0 radical (unpaired) electrons. The summed E-state index contributed by atoms with van der Waals surface area (Å²) in [5.74, 6) is 0.592. The van der Waals surface area contributed by atoms with Crippen molar-refractivity contribution in [1.29, 1.82) is 0 Å². The maximum atomic E-state index is 11.9. The molecule has 0 aromatic heterocycles. The van der Waals surface area contributed by atoms with Crippen molar-refractivity contribution in [2.75, 3.05) is 19.7 Å². The number of halogens is 2. The van der Waals surface area contributed by atoms with Crippen LogP contribution in [0.4, 0.5) is 0 Å². The van der Waals surface area contributed by atoms with Gasteiger partial charge < -0.3 is 14.7 Å². The van der Waals surface area contributed by atoms with E-state index in [1.165, 1.54) is 0 Å². The molecule has 6 heteroatoms. The summed E-state index contributed by atoms with van der Waals surface area (Å²) in [6.07, 6.45) is 1.50. The van der Waals surface area contributed by atoms with Gasteiger partial charge in [-0.1, -0.05) is 23.2 Å². The second-order valence-electron chi connectivity index (χ2n) is 4.81. The SMILES string of the molecule is O=C(CCOc1ccc(Cl)c(Cl)c1)N1CCC[C@H](O)C1. The fourth-order valence-corrected chi connectivity index (χ4v) is 2.45. The lowest BCUT2D eigenvalue weighted by atomic mass is 10.1. The molecular formula is C14H17Cl2NO3. The van der Waals surface area contributed by atoms with E-state index < -0.39 is 6.10 Å². The Morgan fingerprint density at radius 2 is 2.20 bits per heavy atom. The van der Waals surface area contributed by atoms with Crippen LogP contribution in [0.25, 0.3) is 0 Å². The number of piperidine rings is 1. The van der Waals surface area contributed by atoms with Crippen LogP contribution in [0.3, 0.4) is 0 Å². The lowest BCUT2D eigenvalue weighted by molar-refractivity contribution is -0.134. The molecule has 4 nitrogen and oxygen atoms in total. The molecule has 2 rings (SSSR count). The molecule has 1 aliphatic heterocycles. The molecule has 0 unspecified atom stereocenters. The average molecular weight is 318 g/mol. The summed E-state index contributed by atoms with van der Waals surface area (Å²) in [4.78, 5) is 13.6. The topological polar surface area (TPSA) is 49.8 Å². The van der Waals surface area contributed by atoms with Crippen LogP contribution in [0, 0.1) is 0 Å². The first-order valence-corrected chi connectivity index (χ1v) is 7.35. The van der Waals surface area contributed by atoms with Gasteiger partial charge in [-0.3, -0.25) is 4.79 Å². The highest BCUT2D eigenvalue weighted by atomic mass is 35.5. The van der Waals surface area contributed by atoms with Gasteiger partial charge in [0.05, 0.1) is 29.2 Å². The summed E-state index contributed by atoms with van der Waals surface area (Å²) in [7, 11) is 0. The van der Waals surface area contributed by atoms with Crippen molar-refractivity contribution in [2.45, 2.75) is 25.4 Å². The number of benzene rings is 1. The van der Waals surface area contributed by atoms with E-state index in [1.54, 1.807) is 23.1 Å². The summed E-state index contributed by atoms with van der Waals surface area (Å²) >= 11 is 11.7. The van der Waals surface area contributed by atoms with Gasteiger partial charge in [-0.05, 0) is 25.0 Å². The summed E-state index contributed by atoms with van der Waals surface area (Å²) in [5.41, 5.74) is 0. The maximum Gasteiger partial charge on any atom is 0.226 e. The van der Waals surface area contributed by atoms with Crippen LogP contribution >= 0.6 is 23.2 Å². The average Bonchev–Trinajstić information content (AvgIpc) is 2.42. The normalized spacial score (nSPS) is 18.9. The van der Waals surface area contributed by atoms with Crippen molar-refractivity contribution in [3.05, 3.63) is 28.2 Å². The lowest BCUT2D eigenvalue weighted by Gasteiger charge is -2.30. The fraction of sp³-hybridized carbons (Fsp3) is 0.500. The molecule has 1 N–H and O–H groups in total. The van der Waals surface area contributed by atoms with E-state index in [0.717, 1.165) is 12.8 Å². The number of β-amino-alcohol motifs (C(OH)–C–C–N with tert-alkyl or cyclic N) is 1. The van der Waals surface area contributed by atoms with Gasteiger partial charge in [-0.15, -0.1) is 0 Å². The number of hydrogen-bond donors (Lipinski definition) is 1. The molecular weight excluding hydrogens is 301 g/mol. The third-order valence-electron chi connectivity index (χ3n) is 3.22. The van der Waals surface area contributed by atoms with E-state index in [2.05, 4.69) is 0 Å². The van der Waals surface area contributed by atoms with Gasteiger partial charge in [-0.25, -0.2) is 0 Å². The maximum absolute atomic E-state index is 11.9. The summed E-state index contributed by atoms with van der Waals surface area (Å²) in [6, 6.07) is 4.99. The number of ether oxygens (including phenoxy) is 1. The van der Waals surface area contributed by atoms with Gasteiger partial charge >= 0.3 is 0 Å². The van der Waals surface area contributed by atoms with E-state index in [4.69, 9.17) is 27.9 Å². The number of amides is 1. The van der Waals surface area contributed by atoms with Gasteiger partial charge in [0.1, 0.15) is 5.75 Å². The Balaban J connectivity index is 1.77. The van der Waals surface area contributed by atoms with Gasteiger partial charge in [-0.2, -0.15) is 0 Å². The zero-order valence-corrected chi connectivity index (χ0v) is 12.5. The molecule has 20 heavy (non-hydrogen) atoms. The van der Waals surface area contributed by atoms with Crippen molar-refractivity contribution < 1.29 is 14.6 Å². The number of carbonyl (C=O) groups is 1. The predicted molar refractivity (Wildman–Crippen MR) is 78.4 cm³/mol. The monoisotopic (exact) mass is 317 g/mol. The number of likely N-dealkylation sites (tertiary alicyclic amines) is 1. The smallest absolute Gasteiger partial charge is 0.226 e. The molecule has 1 saturated heterocycles. The van der Waals surface area contributed by atoms with Crippen molar-refractivity contribution in [2.24, 2.45) is 0 Å². The first kappa shape index (κ1) is 15.4. The third kappa shape index (κ3) is 4.27. The number of nitrogens with zero attached hydrogens (tertiary/aromatic N) is 1. The predicted octanol–water partition coefficient (Wildman–Crippen LogP) is 2.75. The molecule has 0 aliphatic carbocycles. The van der Waals surface area contributed by atoms with Crippen molar-refractivity contribution >= 4 is 29.1 Å². The first-order valence-electron chi connectivity index (χ1n) is 6.60. The zero-order chi connectivity index (χ0) is 14.5. The standard InChI is InChI=1S/C14H17Cl2NO3/c15-12-4-3-11(8-13(12)16)20-7-5-14(19)17-6-1-2-10(18)9-17/h3-4,8,10,18H,1-2,5-7,9H2/t10-/m0/s1. The lowest BCUT2D eigenvalue weighted by Crippen LogP contribution is -2.42. The highest BCUT2D eigenvalue weighted by molar-refractivity contribution is 6.42. The largest absolute Gasteiger partial charge is 0.493 e. The second-order valence-corrected chi connectivity index (χ2v) is 5.62. The van der Waals surface area contributed by atoms with E-state index in [9.17, 15) is 9.90 Å². The van der Waals surface area contributed by atoms with E-state index in [1.807, 2.05) is 0 Å². The summed E-state index contributed by atoms with van der Waals surface area (Å²) < 4.78 is 5.48.